The quantitative estimate of drug-likeness (QED) is 0.0771. The molecule has 2 aromatic carbocycles. The van der Waals surface area contributed by atoms with Gasteiger partial charge in [-0.15, -0.1) is 0 Å². The highest BCUT2D eigenvalue weighted by Crippen LogP contribution is 2.38. The first kappa shape index (κ1) is 58.3. The smallest absolute Gasteiger partial charge is 0.309 e. The van der Waals surface area contributed by atoms with Crippen molar-refractivity contribution in [1.82, 2.24) is 9.80 Å². The summed E-state index contributed by atoms with van der Waals surface area (Å²) in [5, 5.41) is 37.8. The number of fused-ring (bicyclic) bond motifs is 1. The van der Waals surface area contributed by atoms with Crippen LogP contribution in [0.2, 0.25) is 0 Å². The Labute approximate surface area is 421 Å². The van der Waals surface area contributed by atoms with Crippen molar-refractivity contribution < 1.29 is 72.4 Å². The fourth-order valence-corrected chi connectivity index (χ4v) is 10.6. The Hall–Kier alpha value is -3.62. The summed E-state index contributed by atoms with van der Waals surface area (Å²) in [7, 11) is 6.88. The molecule has 3 heterocycles. The van der Waals surface area contributed by atoms with Crippen molar-refractivity contribution >= 4 is 35.0 Å². The van der Waals surface area contributed by atoms with E-state index in [4.69, 9.17) is 37.9 Å². The van der Waals surface area contributed by atoms with Gasteiger partial charge in [-0.1, -0.05) is 63.2 Å². The molecule has 2 aromatic rings. The predicted octanol–water partition coefficient (Wildman–Crippen LogP) is 5.52. The summed E-state index contributed by atoms with van der Waals surface area (Å²) in [6.45, 7) is 11.2. The number of hydrogen-bond acceptors (Lipinski definition) is 17. The zero-order chi connectivity index (χ0) is 52.0. The van der Waals surface area contributed by atoms with Gasteiger partial charge in [0.25, 0.3) is 0 Å². The van der Waals surface area contributed by atoms with Crippen LogP contribution < -0.4 is 0 Å². The molecular formula is C54H84N2O15. The number of methoxy groups -OCH3 is 1. The molecule has 3 aliphatic heterocycles. The lowest BCUT2D eigenvalue weighted by Gasteiger charge is -2.50. The van der Waals surface area contributed by atoms with E-state index in [1.165, 1.54) is 23.4 Å². The fraction of sp³-hybridized carbons (Fsp3) is 0.741. The minimum Gasteiger partial charge on any atom is -0.462 e. The third-order valence-electron chi connectivity index (χ3n) is 14.5. The summed E-state index contributed by atoms with van der Waals surface area (Å²) in [5.41, 5.74) is -0.262. The largest absolute Gasteiger partial charge is 0.462 e. The fourth-order valence-electron chi connectivity index (χ4n) is 10.6. The summed E-state index contributed by atoms with van der Waals surface area (Å²) in [6, 6.07) is 14.0. The number of rotatable bonds is 17. The molecule has 0 aliphatic carbocycles. The van der Waals surface area contributed by atoms with E-state index in [-0.39, 0.29) is 44.4 Å². The van der Waals surface area contributed by atoms with Crippen LogP contribution in [0.4, 0.5) is 0 Å². The van der Waals surface area contributed by atoms with Crippen LogP contribution in [0, 0.1) is 11.8 Å². The zero-order valence-electron chi connectivity index (χ0n) is 43.8. The number of β-amino-alcohol motifs (C(OH)–C–C–N with tert-alkyl or cyclic N) is 1. The van der Waals surface area contributed by atoms with Crippen molar-refractivity contribution in [3.8, 4) is 0 Å². The molecule has 71 heavy (non-hydrogen) atoms. The van der Waals surface area contributed by atoms with E-state index in [1.54, 1.807) is 53.6 Å². The van der Waals surface area contributed by atoms with Gasteiger partial charge in [0.1, 0.15) is 42.4 Å². The van der Waals surface area contributed by atoms with E-state index in [0.29, 0.717) is 32.4 Å². The second-order valence-electron chi connectivity index (χ2n) is 20.6. The number of carbonyl (C=O) groups excluding carboxylic acids is 4. The second-order valence-corrected chi connectivity index (χ2v) is 20.6. The van der Waals surface area contributed by atoms with Crippen molar-refractivity contribution in [1.29, 1.82) is 0 Å². The van der Waals surface area contributed by atoms with Crippen molar-refractivity contribution in [2.45, 2.75) is 204 Å². The Kier molecular flexibility index (Phi) is 22.7. The molecule has 5 unspecified atom stereocenters. The van der Waals surface area contributed by atoms with Crippen LogP contribution in [0.1, 0.15) is 118 Å². The van der Waals surface area contributed by atoms with Gasteiger partial charge in [-0.05, 0) is 122 Å². The lowest BCUT2D eigenvalue weighted by Crippen LogP contribution is -2.66. The van der Waals surface area contributed by atoms with Crippen LogP contribution in [-0.4, -0.2) is 176 Å². The van der Waals surface area contributed by atoms with Crippen LogP contribution in [0.5, 0.6) is 0 Å². The molecular weight excluding hydrogens is 917 g/mol. The molecule has 0 radical (unpaired) electrons. The third-order valence-corrected chi connectivity index (χ3v) is 14.5. The number of cyclic esters (lactones) is 1. The van der Waals surface area contributed by atoms with Gasteiger partial charge in [-0.3, -0.25) is 14.4 Å². The van der Waals surface area contributed by atoms with Crippen LogP contribution in [0.3, 0.4) is 0 Å². The number of benzene rings is 2. The van der Waals surface area contributed by atoms with Gasteiger partial charge in [0.2, 0.25) is 0 Å². The topological polar surface area (TPSA) is 209 Å². The number of esters is 3. The van der Waals surface area contributed by atoms with Crippen molar-refractivity contribution in [3.63, 3.8) is 0 Å². The Morgan fingerprint density at radius 2 is 1.63 bits per heavy atom. The van der Waals surface area contributed by atoms with Gasteiger partial charge in [-0.2, -0.15) is 0 Å². The van der Waals surface area contributed by atoms with Crippen molar-refractivity contribution in [2.75, 3.05) is 41.3 Å². The summed E-state index contributed by atoms with van der Waals surface area (Å²) in [5.74, 6) is -2.70. The van der Waals surface area contributed by atoms with Gasteiger partial charge in [0.15, 0.2) is 18.7 Å². The van der Waals surface area contributed by atoms with Crippen molar-refractivity contribution in [3.05, 3.63) is 48.0 Å². The lowest BCUT2D eigenvalue weighted by molar-refractivity contribution is -0.344. The highest BCUT2D eigenvalue weighted by molar-refractivity contribution is 5.83. The minimum absolute atomic E-state index is 0.000813. The van der Waals surface area contributed by atoms with E-state index in [9.17, 15) is 34.5 Å². The Bertz CT molecular complexity index is 1990. The molecule has 3 aliphatic rings. The first-order chi connectivity index (χ1) is 33.8. The van der Waals surface area contributed by atoms with E-state index in [2.05, 4.69) is 35.2 Å². The second kappa shape index (κ2) is 27.6. The predicted molar refractivity (Wildman–Crippen MR) is 265 cm³/mol. The van der Waals surface area contributed by atoms with Gasteiger partial charge in [-0.25, -0.2) is 0 Å². The van der Waals surface area contributed by atoms with E-state index in [1.807, 2.05) is 26.1 Å². The Morgan fingerprint density at radius 1 is 0.930 bits per heavy atom. The van der Waals surface area contributed by atoms with Crippen LogP contribution in [-0.2, 0) is 63.5 Å². The van der Waals surface area contributed by atoms with E-state index >= 15 is 0 Å². The number of nitrogens with zero attached hydrogens (tertiary/aromatic N) is 2. The molecule has 17 nitrogen and oxygen atoms in total. The van der Waals surface area contributed by atoms with Gasteiger partial charge >= 0.3 is 17.9 Å². The number of hydrogen-bond donors (Lipinski definition) is 3. The number of aldehydes is 1. The first-order valence-corrected chi connectivity index (χ1v) is 25.9. The third kappa shape index (κ3) is 16.4. The van der Waals surface area contributed by atoms with Gasteiger partial charge < -0.3 is 67.8 Å². The summed E-state index contributed by atoms with van der Waals surface area (Å²) < 4.78 is 50.0. The Balaban J connectivity index is 1.40. The molecule has 0 aromatic heterocycles. The normalized spacial score (nSPS) is 35.2. The van der Waals surface area contributed by atoms with E-state index in [0.717, 1.165) is 25.5 Å². The number of carbonyl (C=O) groups is 4. The molecule has 0 saturated carbocycles. The highest BCUT2D eigenvalue weighted by Gasteiger charge is 2.53. The number of aliphatic hydroxyl groups is 3. The highest BCUT2D eigenvalue weighted by atomic mass is 16.7. The number of likely N-dealkylation sites (N-methyl/N-ethyl adjacent to an activating group) is 2. The maximum atomic E-state index is 14.2. The maximum absolute atomic E-state index is 14.2. The number of aryl methyl sites for hydroxylation is 1. The number of aliphatic hydroxyl groups excluding tert-OH is 2. The maximum Gasteiger partial charge on any atom is 0.309 e. The average Bonchev–Trinajstić information content (AvgIpc) is 3.31. The van der Waals surface area contributed by atoms with Crippen LogP contribution in [0.25, 0.3) is 10.8 Å². The summed E-state index contributed by atoms with van der Waals surface area (Å²) in [4.78, 5) is 56.0. The molecule has 3 saturated heterocycles. The summed E-state index contributed by atoms with van der Waals surface area (Å²) >= 11 is 0. The average molecular weight is 1000 g/mol. The molecule has 0 amide bonds. The minimum atomic E-state index is -1.50. The van der Waals surface area contributed by atoms with E-state index < -0.39 is 109 Å². The Morgan fingerprint density at radius 3 is 2.30 bits per heavy atom. The number of ether oxygens (including phenoxy) is 8. The zero-order valence-corrected chi connectivity index (χ0v) is 43.8. The SMILES string of the molecule is CCC(=O)O[C@@H]1CC(=O)O[C@@H](CCCCc2ccc3ccccc3c2)CCCN(C)C[C@H](O)[C@H](C)C[C@H](CC=O)[C@H](O[C@@H]2OC(C)[C@H](O[C@H]3CC(C)(O)[C@@H](OC(=O)CC)C(C)O3)C(N(C)C)C2O)[C@H]1OC. The van der Waals surface area contributed by atoms with Crippen LogP contribution in [0.15, 0.2) is 42.5 Å². The van der Waals surface area contributed by atoms with Crippen LogP contribution >= 0.6 is 0 Å². The van der Waals surface area contributed by atoms with Gasteiger partial charge in [0, 0.05) is 39.3 Å². The lowest BCUT2D eigenvalue weighted by atomic mass is 9.82. The monoisotopic (exact) mass is 1000 g/mol. The first-order valence-electron chi connectivity index (χ1n) is 25.9. The molecule has 16 atom stereocenters. The van der Waals surface area contributed by atoms with Gasteiger partial charge in [0.05, 0.1) is 36.9 Å². The molecule has 3 fully saturated rings. The standard InChI is InChI=1S/C54H84N2O15/c1-11-43(59)68-42-30-45(61)67-40(21-16-13-18-36-23-24-37-19-14-15-20-38(37)29-36)22-17-26-56(9)32-41(58)33(3)28-39(25-27-57)50(51(42)64-10)71-53-48(62)47(55(7)8)49(34(4)66-53)70-46-31-54(6,63)52(35(5)65-46)69-44(60)12-2/h14-15,19-20,23-24,27,29,33-35,39-42,46-53,58,62-63H,11-13,16-18,21-22,25-26,28,30-32H2,1-10H3/t33-,34?,35?,39+,40+,41+,42-,46+,47?,48?,49+,50+,51+,52+,53+,54?/m1/s1. The molecule has 17 heteroatoms. The molecule has 400 valence electrons. The number of unbranched alkanes of at least 4 members (excludes halogenated alkanes) is 1. The molecule has 0 spiro atoms. The molecule has 3 N–H and O–H groups in total. The molecule has 0 bridgehead atoms. The summed E-state index contributed by atoms with van der Waals surface area (Å²) in [6.07, 6.45) is -6.68. The molecule has 5 rings (SSSR count). The van der Waals surface area contributed by atoms with Crippen molar-refractivity contribution in [2.24, 2.45) is 11.8 Å².